The third-order valence-electron chi connectivity index (χ3n) is 4.39. The van der Waals surface area contributed by atoms with Crippen molar-refractivity contribution in [3.05, 3.63) is 0 Å². The van der Waals surface area contributed by atoms with Crippen LogP contribution in [0.25, 0.3) is 0 Å². The zero-order chi connectivity index (χ0) is 14.9. The first-order valence-electron chi connectivity index (χ1n) is 8.08. The molecule has 0 aromatic heterocycles. The third-order valence-corrected chi connectivity index (χ3v) is 4.39. The zero-order valence-electron chi connectivity index (χ0n) is 13.2. The Labute approximate surface area is 122 Å². The molecule has 2 amide bonds. The molecule has 1 heterocycles. The van der Waals surface area contributed by atoms with Crippen LogP contribution in [-0.4, -0.2) is 34.8 Å². The summed E-state index contributed by atoms with van der Waals surface area (Å²) in [6.07, 6.45) is 4.90. The van der Waals surface area contributed by atoms with E-state index < -0.39 is 0 Å². The Kier molecular flexibility index (Phi) is 4.71. The first-order chi connectivity index (χ1) is 9.45. The van der Waals surface area contributed by atoms with E-state index in [9.17, 15) is 9.59 Å². The normalized spacial score (nSPS) is 28.8. The molecule has 0 spiro atoms. The first kappa shape index (κ1) is 15.3. The number of nitrogens with zero attached hydrogens (tertiary/aromatic N) is 1. The molecule has 3 atom stereocenters. The van der Waals surface area contributed by atoms with E-state index in [0.717, 1.165) is 32.1 Å². The minimum absolute atomic E-state index is 0.0701. The Morgan fingerprint density at radius 1 is 1.25 bits per heavy atom. The predicted octanol–water partition coefficient (Wildman–Crippen LogP) is 2.33. The molecule has 2 rings (SSSR count). The molecule has 0 bridgehead atoms. The molecule has 0 aromatic rings. The number of hydrogen-bond acceptors (Lipinski definition) is 2. The molecule has 3 unspecified atom stereocenters. The van der Waals surface area contributed by atoms with Crippen molar-refractivity contribution in [1.29, 1.82) is 0 Å². The van der Waals surface area contributed by atoms with E-state index >= 15 is 0 Å². The second kappa shape index (κ2) is 6.15. The van der Waals surface area contributed by atoms with Crippen molar-refractivity contribution in [2.24, 2.45) is 11.8 Å². The van der Waals surface area contributed by atoms with Gasteiger partial charge in [-0.15, -0.1) is 0 Å². The predicted molar refractivity (Wildman–Crippen MR) is 79.1 cm³/mol. The van der Waals surface area contributed by atoms with Crippen LogP contribution in [0.4, 0.5) is 0 Å². The third kappa shape index (κ3) is 3.15. The Hall–Kier alpha value is -1.06. The summed E-state index contributed by atoms with van der Waals surface area (Å²) in [6, 6.07) is -0.372. The Balaban J connectivity index is 2.19. The minimum Gasteiger partial charge on any atom is -0.342 e. The summed E-state index contributed by atoms with van der Waals surface area (Å²) in [5, 5.41) is 2.97. The smallest absolute Gasteiger partial charge is 0.246 e. The van der Waals surface area contributed by atoms with Gasteiger partial charge in [0.05, 0.1) is 0 Å². The van der Waals surface area contributed by atoms with Gasteiger partial charge in [0.2, 0.25) is 11.8 Å². The highest BCUT2D eigenvalue weighted by Crippen LogP contribution is 2.38. The molecule has 0 radical (unpaired) electrons. The van der Waals surface area contributed by atoms with Crippen LogP contribution in [0.15, 0.2) is 0 Å². The topological polar surface area (TPSA) is 49.4 Å². The zero-order valence-corrected chi connectivity index (χ0v) is 13.2. The summed E-state index contributed by atoms with van der Waals surface area (Å²) in [5.74, 6) is 1.00. The molecule has 1 aliphatic heterocycles. The van der Waals surface area contributed by atoms with E-state index in [4.69, 9.17) is 0 Å². The van der Waals surface area contributed by atoms with Gasteiger partial charge in [0.25, 0.3) is 0 Å². The highest BCUT2D eigenvalue weighted by molar-refractivity contribution is 5.97. The van der Waals surface area contributed by atoms with Gasteiger partial charge in [-0.1, -0.05) is 27.2 Å². The maximum atomic E-state index is 12.8. The van der Waals surface area contributed by atoms with Gasteiger partial charge in [-0.2, -0.15) is 0 Å². The van der Waals surface area contributed by atoms with Crippen LogP contribution < -0.4 is 5.32 Å². The number of piperazine rings is 1. The van der Waals surface area contributed by atoms with Gasteiger partial charge in [-0.3, -0.25) is 9.59 Å². The maximum Gasteiger partial charge on any atom is 0.246 e. The van der Waals surface area contributed by atoms with Crippen molar-refractivity contribution in [2.45, 2.75) is 77.9 Å². The average molecular weight is 280 g/mol. The molecule has 2 fully saturated rings. The number of rotatable bonds is 6. The average Bonchev–Trinajstić information content (AvgIpc) is 3.16. The van der Waals surface area contributed by atoms with Gasteiger partial charge in [0, 0.05) is 6.04 Å². The van der Waals surface area contributed by atoms with Crippen LogP contribution in [-0.2, 0) is 9.59 Å². The molecule has 2 aliphatic rings. The van der Waals surface area contributed by atoms with Crippen molar-refractivity contribution >= 4 is 11.8 Å². The summed E-state index contributed by atoms with van der Waals surface area (Å²) in [7, 11) is 0. The van der Waals surface area contributed by atoms with E-state index in [2.05, 4.69) is 33.0 Å². The van der Waals surface area contributed by atoms with Gasteiger partial charge in [0.1, 0.15) is 12.1 Å². The fraction of sp³-hybridized carbons (Fsp3) is 0.875. The summed E-state index contributed by atoms with van der Waals surface area (Å²) < 4.78 is 0. The molecule has 1 saturated heterocycles. The highest BCUT2D eigenvalue weighted by atomic mass is 16.2. The van der Waals surface area contributed by atoms with Crippen LogP contribution in [0.1, 0.15) is 59.8 Å². The molecule has 1 aliphatic carbocycles. The first-order valence-corrected chi connectivity index (χ1v) is 8.08. The Bertz CT molecular complexity index is 377. The Morgan fingerprint density at radius 2 is 1.90 bits per heavy atom. The van der Waals surface area contributed by atoms with Gasteiger partial charge >= 0.3 is 0 Å². The fourth-order valence-corrected chi connectivity index (χ4v) is 3.29. The van der Waals surface area contributed by atoms with Crippen LogP contribution in [0.5, 0.6) is 0 Å². The van der Waals surface area contributed by atoms with E-state index in [1.165, 1.54) is 0 Å². The minimum atomic E-state index is -0.322. The molecular formula is C16H28N2O2. The summed E-state index contributed by atoms with van der Waals surface area (Å²) in [6.45, 7) is 8.39. The molecular weight excluding hydrogens is 252 g/mol. The van der Waals surface area contributed by atoms with Gasteiger partial charge in [-0.05, 0) is 44.4 Å². The van der Waals surface area contributed by atoms with Crippen molar-refractivity contribution in [3.8, 4) is 0 Å². The van der Waals surface area contributed by atoms with Gasteiger partial charge in [0.15, 0.2) is 0 Å². The van der Waals surface area contributed by atoms with Gasteiger partial charge < -0.3 is 10.2 Å². The van der Waals surface area contributed by atoms with Crippen molar-refractivity contribution in [2.75, 3.05) is 0 Å². The lowest BCUT2D eigenvalue weighted by Gasteiger charge is -2.43. The van der Waals surface area contributed by atoms with Crippen molar-refractivity contribution < 1.29 is 9.59 Å². The number of nitrogens with one attached hydrogen (secondary N) is 1. The SMILES string of the molecule is CCCC(C)N1C(=O)C(CC(C)C)NC(=O)C1C1CC1. The van der Waals surface area contributed by atoms with Crippen LogP contribution >= 0.6 is 0 Å². The second-order valence-electron chi connectivity index (χ2n) is 6.86. The number of carbonyl (C=O) groups is 2. The van der Waals surface area contributed by atoms with Crippen LogP contribution in [0.2, 0.25) is 0 Å². The molecule has 1 saturated carbocycles. The lowest BCUT2D eigenvalue weighted by Crippen LogP contribution is -2.66. The van der Waals surface area contributed by atoms with Crippen LogP contribution in [0, 0.1) is 11.8 Å². The lowest BCUT2D eigenvalue weighted by molar-refractivity contribution is -0.153. The number of carbonyl (C=O) groups excluding carboxylic acids is 2. The monoisotopic (exact) mass is 280 g/mol. The molecule has 4 heteroatoms. The van der Waals surface area contributed by atoms with Crippen LogP contribution in [0.3, 0.4) is 0 Å². The second-order valence-corrected chi connectivity index (χ2v) is 6.86. The van der Waals surface area contributed by atoms with Crippen molar-refractivity contribution in [3.63, 3.8) is 0 Å². The van der Waals surface area contributed by atoms with Gasteiger partial charge in [-0.25, -0.2) is 0 Å². The lowest BCUT2D eigenvalue weighted by atomic mass is 9.94. The number of amides is 2. The highest BCUT2D eigenvalue weighted by Gasteiger charge is 2.49. The quantitative estimate of drug-likeness (QED) is 0.812. The molecule has 1 N–H and O–H groups in total. The molecule has 114 valence electrons. The van der Waals surface area contributed by atoms with Crippen molar-refractivity contribution in [1.82, 2.24) is 10.2 Å². The maximum absolute atomic E-state index is 12.8. The van der Waals surface area contributed by atoms with E-state index in [1.54, 1.807) is 0 Å². The summed E-state index contributed by atoms with van der Waals surface area (Å²) in [4.78, 5) is 27.1. The molecule has 0 aromatic carbocycles. The van der Waals surface area contributed by atoms with E-state index in [-0.39, 0.29) is 29.9 Å². The molecule has 20 heavy (non-hydrogen) atoms. The Morgan fingerprint density at radius 3 is 2.40 bits per heavy atom. The fourth-order valence-electron chi connectivity index (χ4n) is 3.29. The van der Waals surface area contributed by atoms with E-state index in [0.29, 0.717) is 11.8 Å². The largest absolute Gasteiger partial charge is 0.342 e. The molecule has 4 nitrogen and oxygen atoms in total. The summed E-state index contributed by atoms with van der Waals surface area (Å²) >= 11 is 0. The van der Waals surface area contributed by atoms with E-state index in [1.807, 2.05) is 4.90 Å². The summed E-state index contributed by atoms with van der Waals surface area (Å²) in [5.41, 5.74) is 0. The number of hydrogen-bond donors (Lipinski definition) is 1. The standard InChI is InChI=1S/C16H28N2O2/c1-5-6-11(4)18-14(12-7-8-12)15(19)17-13(16(18)20)9-10(2)3/h10-14H,5-9H2,1-4H3,(H,17,19).